The fourth-order valence-corrected chi connectivity index (χ4v) is 3.59. The zero-order valence-electron chi connectivity index (χ0n) is 15.2. The van der Waals surface area contributed by atoms with Gasteiger partial charge in [-0.25, -0.2) is 9.07 Å². The zero-order chi connectivity index (χ0) is 18.8. The highest BCUT2D eigenvalue weighted by molar-refractivity contribution is 6.03. The van der Waals surface area contributed by atoms with Gasteiger partial charge in [0.05, 0.1) is 17.9 Å². The Kier molecular flexibility index (Phi) is 6.25. The second kappa shape index (κ2) is 8.66. The number of piperidine rings is 1. The van der Waals surface area contributed by atoms with Crippen LogP contribution in [0, 0.1) is 5.82 Å². The van der Waals surface area contributed by atoms with E-state index in [1.807, 2.05) is 0 Å². The van der Waals surface area contributed by atoms with Crippen LogP contribution in [-0.2, 0) is 4.79 Å². The summed E-state index contributed by atoms with van der Waals surface area (Å²) in [5, 5.41) is 14.0. The number of hydrogen-bond acceptors (Lipinski definition) is 5. The lowest BCUT2D eigenvalue weighted by Crippen LogP contribution is -2.41. The van der Waals surface area contributed by atoms with Gasteiger partial charge in [-0.3, -0.25) is 9.59 Å². The van der Waals surface area contributed by atoms with Crippen LogP contribution in [0.2, 0.25) is 0 Å². The molecular weight excluding hydrogens is 387 g/mol. The molecule has 2 aromatic rings. The molecule has 28 heavy (non-hydrogen) atoms. The zero-order valence-corrected chi connectivity index (χ0v) is 16.0. The van der Waals surface area contributed by atoms with Crippen LogP contribution in [0.25, 0.3) is 0 Å². The molecule has 0 bridgehead atoms. The van der Waals surface area contributed by atoms with Crippen molar-refractivity contribution in [2.45, 2.75) is 31.3 Å². The minimum atomic E-state index is -0.693. The van der Waals surface area contributed by atoms with Crippen LogP contribution in [0.5, 0.6) is 0 Å². The summed E-state index contributed by atoms with van der Waals surface area (Å²) in [4.78, 5) is 26.4. The molecule has 0 saturated carbocycles. The van der Waals surface area contributed by atoms with Crippen molar-refractivity contribution in [1.82, 2.24) is 25.6 Å². The fourth-order valence-electron chi connectivity index (χ4n) is 3.59. The standard InChI is InChI=1S/C18H21FN6O2.ClH/c19-13-3-1-2-4-16(13)24-10-7-14(18(24)27)21-17(26)15-11-25(23-22-15)12-5-8-20-9-6-12;/h1-4,11-12,14,20H,5-10H2,(H,21,26);1H. The molecule has 1 aromatic heterocycles. The lowest BCUT2D eigenvalue weighted by molar-refractivity contribution is -0.118. The normalized spacial score (nSPS) is 20.1. The molecule has 150 valence electrons. The number of halogens is 2. The first-order valence-corrected chi connectivity index (χ1v) is 9.13. The number of aromatic nitrogens is 3. The number of amides is 2. The van der Waals surface area contributed by atoms with Gasteiger partial charge in [0.1, 0.15) is 11.9 Å². The topological polar surface area (TPSA) is 92.2 Å². The van der Waals surface area contributed by atoms with E-state index in [2.05, 4.69) is 20.9 Å². The van der Waals surface area contributed by atoms with E-state index in [0.29, 0.717) is 13.0 Å². The molecule has 4 rings (SSSR count). The van der Waals surface area contributed by atoms with E-state index in [0.717, 1.165) is 25.9 Å². The molecule has 2 saturated heterocycles. The first-order valence-electron chi connectivity index (χ1n) is 9.13. The Bertz CT molecular complexity index is 854. The fraction of sp³-hybridized carbons (Fsp3) is 0.444. The smallest absolute Gasteiger partial charge is 0.274 e. The molecular formula is C18H22ClFN6O2. The van der Waals surface area contributed by atoms with Crippen molar-refractivity contribution in [3.05, 3.63) is 42.0 Å². The molecule has 2 N–H and O–H groups in total. The maximum absolute atomic E-state index is 13.9. The SMILES string of the molecule is Cl.O=C(NC1CCN(c2ccccc2F)C1=O)c1cn(C2CCNCC2)nn1. The largest absolute Gasteiger partial charge is 0.339 e. The van der Waals surface area contributed by atoms with Crippen molar-refractivity contribution >= 4 is 29.9 Å². The Morgan fingerprint density at radius 2 is 1.96 bits per heavy atom. The van der Waals surface area contributed by atoms with Crippen molar-refractivity contribution in [3.8, 4) is 0 Å². The third-order valence-electron chi connectivity index (χ3n) is 5.08. The van der Waals surface area contributed by atoms with Gasteiger partial charge < -0.3 is 15.5 Å². The molecule has 1 unspecified atom stereocenters. The van der Waals surface area contributed by atoms with E-state index in [1.54, 1.807) is 29.1 Å². The predicted octanol–water partition coefficient (Wildman–Crippen LogP) is 1.30. The van der Waals surface area contributed by atoms with Crippen LogP contribution in [-0.4, -0.2) is 52.5 Å². The van der Waals surface area contributed by atoms with Crippen LogP contribution in [0.3, 0.4) is 0 Å². The third-order valence-corrected chi connectivity index (χ3v) is 5.08. The quantitative estimate of drug-likeness (QED) is 0.795. The highest BCUT2D eigenvalue weighted by Crippen LogP contribution is 2.24. The highest BCUT2D eigenvalue weighted by atomic mass is 35.5. The highest BCUT2D eigenvalue weighted by Gasteiger charge is 2.35. The van der Waals surface area contributed by atoms with Gasteiger partial charge in [-0.2, -0.15) is 0 Å². The number of nitrogens with zero attached hydrogens (tertiary/aromatic N) is 4. The van der Waals surface area contributed by atoms with Crippen molar-refractivity contribution in [3.63, 3.8) is 0 Å². The minimum absolute atomic E-state index is 0. The Balaban J connectivity index is 0.00000225. The number of nitrogens with one attached hydrogen (secondary N) is 2. The number of anilines is 1. The number of hydrogen-bond donors (Lipinski definition) is 2. The van der Waals surface area contributed by atoms with Crippen LogP contribution >= 0.6 is 12.4 Å². The Labute approximate surface area is 167 Å². The molecule has 1 aromatic carbocycles. The summed E-state index contributed by atoms with van der Waals surface area (Å²) in [7, 11) is 0. The van der Waals surface area contributed by atoms with Crippen molar-refractivity contribution in [1.29, 1.82) is 0 Å². The molecule has 3 heterocycles. The van der Waals surface area contributed by atoms with Crippen LogP contribution in [0.4, 0.5) is 10.1 Å². The maximum atomic E-state index is 13.9. The summed E-state index contributed by atoms with van der Waals surface area (Å²) >= 11 is 0. The van der Waals surface area contributed by atoms with E-state index < -0.39 is 17.8 Å². The maximum Gasteiger partial charge on any atom is 0.274 e. The average molecular weight is 409 g/mol. The van der Waals surface area contributed by atoms with Crippen LogP contribution in [0.1, 0.15) is 35.8 Å². The Morgan fingerprint density at radius 3 is 2.71 bits per heavy atom. The van der Waals surface area contributed by atoms with Gasteiger partial charge >= 0.3 is 0 Å². The van der Waals surface area contributed by atoms with E-state index in [-0.39, 0.29) is 35.7 Å². The molecule has 1 atom stereocenters. The lowest BCUT2D eigenvalue weighted by atomic mass is 10.1. The minimum Gasteiger partial charge on any atom is -0.339 e. The second-order valence-electron chi connectivity index (χ2n) is 6.82. The summed E-state index contributed by atoms with van der Waals surface area (Å²) in [5.41, 5.74) is 0.418. The van der Waals surface area contributed by atoms with Crippen molar-refractivity contribution in [2.24, 2.45) is 0 Å². The molecule has 0 aliphatic carbocycles. The molecule has 10 heteroatoms. The molecule has 2 aliphatic rings. The van der Waals surface area contributed by atoms with Gasteiger partial charge in [0.25, 0.3) is 5.91 Å². The number of carbonyl (C=O) groups excluding carboxylic acids is 2. The van der Waals surface area contributed by atoms with E-state index in [9.17, 15) is 14.0 Å². The lowest BCUT2D eigenvalue weighted by Gasteiger charge is -2.22. The molecule has 2 amide bonds. The molecule has 2 aliphatic heterocycles. The van der Waals surface area contributed by atoms with E-state index in [4.69, 9.17) is 0 Å². The number of benzene rings is 1. The molecule has 8 nitrogen and oxygen atoms in total. The Morgan fingerprint density at radius 1 is 1.21 bits per heavy atom. The summed E-state index contributed by atoms with van der Waals surface area (Å²) in [6.45, 7) is 2.18. The third kappa shape index (κ3) is 4.00. The summed E-state index contributed by atoms with van der Waals surface area (Å²) in [6, 6.07) is 5.66. The number of carbonyl (C=O) groups is 2. The van der Waals surface area contributed by atoms with Gasteiger partial charge in [0.2, 0.25) is 5.91 Å². The first-order chi connectivity index (χ1) is 13.1. The number of rotatable bonds is 4. The summed E-state index contributed by atoms with van der Waals surface area (Å²) in [6.07, 6.45) is 3.91. The molecule has 2 fully saturated rings. The first kappa shape index (κ1) is 20.2. The van der Waals surface area contributed by atoms with E-state index >= 15 is 0 Å². The van der Waals surface area contributed by atoms with Crippen LogP contribution < -0.4 is 15.5 Å². The van der Waals surface area contributed by atoms with Gasteiger partial charge in [0.15, 0.2) is 5.69 Å². The second-order valence-corrected chi connectivity index (χ2v) is 6.82. The monoisotopic (exact) mass is 408 g/mol. The average Bonchev–Trinajstić information content (AvgIpc) is 3.31. The predicted molar refractivity (Wildman–Crippen MR) is 103 cm³/mol. The van der Waals surface area contributed by atoms with Gasteiger partial charge in [-0.05, 0) is 44.5 Å². The van der Waals surface area contributed by atoms with Gasteiger partial charge in [-0.1, -0.05) is 17.3 Å². The van der Waals surface area contributed by atoms with Crippen molar-refractivity contribution in [2.75, 3.05) is 24.5 Å². The Hall–Kier alpha value is -2.52. The molecule has 0 spiro atoms. The number of para-hydroxylation sites is 1. The molecule has 0 radical (unpaired) electrons. The summed E-state index contributed by atoms with van der Waals surface area (Å²) < 4.78 is 15.7. The van der Waals surface area contributed by atoms with Crippen molar-refractivity contribution < 1.29 is 14.0 Å². The van der Waals surface area contributed by atoms with Crippen LogP contribution in [0.15, 0.2) is 30.5 Å². The summed E-state index contributed by atoms with van der Waals surface area (Å²) in [5.74, 6) is -1.22. The van der Waals surface area contributed by atoms with Gasteiger partial charge in [0, 0.05) is 6.54 Å². The van der Waals surface area contributed by atoms with E-state index in [1.165, 1.54) is 11.0 Å². The van der Waals surface area contributed by atoms with Gasteiger partial charge in [-0.15, -0.1) is 17.5 Å².